The van der Waals surface area contributed by atoms with Crippen molar-refractivity contribution >= 4 is 23.7 Å². The molecule has 1 N–H and O–H groups in total. The first-order valence-electron chi connectivity index (χ1n) is 8.77. The highest BCUT2D eigenvalue weighted by Gasteiger charge is 2.31. The van der Waals surface area contributed by atoms with Crippen LogP contribution in [0.4, 0.5) is 4.79 Å². The van der Waals surface area contributed by atoms with Gasteiger partial charge in [-0.3, -0.25) is 9.69 Å². The Bertz CT molecular complexity index is 820. The first-order valence-corrected chi connectivity index (χ1v) is 9.65. The second-order valence-electron chi connectivity index (χ2n) is 6.31. The molecule has 1 saturated heterocycles. The van der Waals surface area contributed by atoms with Crippen LogP contribution in [-0.4, -0.2) is 49.9 Å². The minimum Gasteiger partial charge on any atom is -0.336 e. The Labute approximate surface area is 157 Å². The van der Waals surface area contributed by atoms with Crippen molar-refractivity contribution in [1.29, 1.82) is 0 Å². The van der Waals surface area contributed by atoms with Crippen LogP contribution in [-0.2, 0) is 11.3 Å². The zero-order valence-corrected chi connectivity index (χ0v) is 16.0. The number of hydrogen-bond acceptors (Lipinski definition) is 5. The van der Waals surface area contributed by atoms with Crippen LogP contribution in [0.3, 0.4) is 0 Å². The number of aromatic nitrogens is 3. The van der Waals surface area contributed by atoms with Crippen LogP contribution < -0.4 is 5.32 Å². The molecule has 1 aromatic carbocycles. The number of carbonyl (C=O) groups is 2. The third-order valence-electron chi connectivity index (χ3n) is 4.19. The van der Waals surface area contributed by atoms with Gasteiger partial charge in [-0.1, -0.05) is 42.4 Å². The van der Waals surface area contributed by atoms with Crippen LogP contribution in [0.15, 0.2) is 29.4 Å². The lowest BCUT2D eigenvalue weighted by atomic mass is 10.1. The van der Waals surface area contributed by atoms with Gasteiger partial charge in [-0.05, 0) is 26.3 Å². The molecule has 1 aliphatic rings. The molecule has 1 atom stereocenters. The van der Waals surface area contributed by atoms with Crippen molar-refractivity contribution in [3.63, 3.8) is 0 Å². The summed E-state index contributed by atoms with van der Waals surface area (Å²) in [5, 5.41) is 11.6. The van der Waals surface area contributed by atoms with E-state index < -0.39 is 5.25 Å². The summed E-state index contributed by atoms with van der Waals surface area (Å²) in [6, 6.07) is 7.81. The summed E-state index contributed by atoms with van der Waals surface area (Å²) in [5.41, 5.74) is 2.17. The van der Waals surface area contributed by atoms with Crippen molar-refractivity contribution in [2.45, 2.75) is 44.1 Å². The molecule has 1 fully saturated rings. The van der Waals surface area contributed by atoms with Gasteiger partial charge in [-0.15, -0.1) is 10.2 Å². The molecule has 26 heavy (non-hydrogen) atoms. The fraction of sp³-hybridized carbons (Fsp3) is 0.444. The molecule has 0 saturated carbocycles. The van der Waals surface area contributed by atoms with Crippen molar-refractivity contribution in [3.05, 3.63) is 29.8 Å². The molecule has 1 aliphatic heterocycles. The maximum absolute atomic E-state index is 12.5. The van der Waals surface area contributed by atoms with Crippen LogP contribution in [0.5, 0.6) is 0 Å². The molecule has 0 radical (unpaired) electrons. The van der Waals surface area contributed by atoms with Gasteiger partial charge in [0.1, 0.15) is 0 Å². The summed E-state index contributed by atoms with van der Waals surface area (Å²) in [4.78, 5) is 25.5. The minimum atomic E-state index is -0.413. The number of nitrogens with zero attached hydrogens (tertiary/aromatic N) is 4. The Hall–Kier alpha value is -2.35. The predicted molar refractivity (Wildman–Crippen MR) is 101 cm³/mol. The third-order valence-corrected chi connectivity index (χ3v) is 5.26. The second kappa shape index (κ2) is 7.90. The predicted octanol–water partition coefficient (Wildman–Crippen LogP) is 2.70. The SMILES string of the molecule is CCCn1c(S[C@H](C)C(=O)N2CCNC2=O)nnc1-c1cccc(C)c1. The van der Waals surface area contributed by atoms with Crippen LogP contribution in [0, 0.1) is 6.92 Å². The second-order valence-corrected chi connectivity index (χ2v) is 7.62. The monoisotopic (exact) mass is 373 g/mol. The molecular formula is C18H23N5O2S. The summed E-state index contributed by atoms with van der Waals surface area (Å²) >= 11 is 1.34. The fourth-order valence-electron chi connectivity index (χ4n) is 2.91. The zero-order chi connectivity index (χ0) is 18.7. The van der Waals surface area contributed by atoms with Crippen LogP contribution >= 0.6 is 11.8 Å². The lowest BCUT2D eigenvalue weighted by Crippen LogP contribution is -2.39. The summed E-state index contributed by atoms with van der Waals surface area (Å²) in [6.07, 6.45) is 0.932. The molecule has 0 unspecified atom stereocenters. The normalized spacial score (nSPS) is 15.2. The molecule has 7 nitrogen and oxygen atoms in total. The highest BCUT2D eigenvalue weighted by Crippen LogP contribution is 2.28. The van der Waals surface area contributed by atoms with Crippen molar-refractivity contribution in [1.82, 2.24) is 25.0 Å². The lowest BCUT2D eigenvalue weighted by molar-refractivity contribution is -0.126. The molecule has 0 bridgehead atoms. The quantitative estimate of drug-likeness (QED) is 0.788. The van der Waals surface area contributed by atoms with Crippen LogP contribution in [0.2, 0.25) is 0 Å². The van der Waals surface area contributed by atoms with E-state index in [1.807, 2.05) is 29.7 Å². The summed E-state index contributed by atoms with van der Waals surface area (Å²) in [7, 11) is 0. The van der Waals surface area contributed by atoms with E-state index in [2.05, 4.69) is 28.5 Å². The van der Waals surface area contributed by atoms with Gasteiger partial charge in [0.25, 0.3) is 0 Å². The number of benzene rings is 1. The number of amides is 3. The van der Waals surface area contributed by atoms with Crippen molar-refractivity contribution in [2.24, 2.45) is 0 Å². The highest BCUT2D eigenvalue weighted by atomic mass is 32.2. The molecule has 3 rings (SSSR count). The van der Waals surface area contributed by atoms with E-state index in [1.54, 1.807) is 6.92 Å². The van der Waals surface area contributed by atoms with E-state index >= 15 is 0 Å². The van der Waals surface area contributed by atoms with Gasteiger partial charge in [-0.2, -0.15) is 0 Å². The number of rotatable bonds is 6. The number of imide groups is 1. The van der Waals surface area contributed by atoms with E-state index in [0.29, 0.717) is 18.2 Å². The maximum Gasteiger partial charge on any atom is 0.324 e. The molecule has 2 aromatic rings. The van der Waals surface area contributed by atoms with Crippen LogP contribution in [0.25, 0.3) is 11.4 Å². The smallest absolute Gasteiger partial charge is 0.324 e. The minimum absolute atomic E-state index is 0.201. The van der Waals surface area contributed by atoms with Gasteiger partial charge in [0.05, 0.1) is 5.25 Å². The topological polar surface area (TPSA) is 80.1 Å². The van der Waals surface area contributed by atoms with Crippen molar-refractivity contribution < 1.29 is 9.59 Å². The number of urea groups is 1. The molecule has 3 amide bonds. The van der Waals surface area contributed by atoms with Gasteiger partial charge >= 0.3 is 6.03 Å². The molecule has 8 heteroatoms. The number of aryl methyl sites for hydroxylation is 1. The standard InChI is InChI=1S/C18H23N5O2S/c1-4-9-22-15(14-7-5-6-12(2)11-14)20-21-18(22)26-13(3)16(24)23-10-8-19-17(23)25/h5-7,11,13H,4,8-10H2,1-3H3,(H,19,25)/t13-/m1/s1. The number of hydrogen-bond donors (Lipinski definition) is 1. The maximum atomic E-state index is 12.5. The Balaban J connectivity index is 1.83. The number of thioether (sulfide) groups is 1. The van der Waals surface area contributed by atoms with Gasteiger partial charge in [0, 0.05) is 25.2 Å². The first-order chi connectivity index (χ1) is 12.5. The first kappa shape index (κ1) is 18.4. The Morgan fingerprint density at radius 1 is 1.38 bits per heavy atom. The van der Waals surface area contributed by atoms with Crippen LogP contribution in [0.1, 0.15) is 25.8 Å². The van der Waals surface area contributed by atoms with Gasteiger partial charge in [-0.25, -0.2) is 4.79 Å². The molecule has 1 aromatic heterocycles. The summed E-state index contributed by atoms with van der Waals surface area (Å²) in [5.74, 6) is 0.602. The number of nitrogens with one attached hydrogen (secondary N) is 1. The van der Waals surface area contributed by atoms with E-state index in [-0.39, 0.29) is 11.9 Å². The largest absolute Gasteiger partial charge is 0.336 e. The molecule has 0 spiro atoms. The van der Waals surface area contributed by atoms with E-state index in [9.17, 15) is 9.59 Å². The van der Waals surface area contributed by atoms with Crippen molar-refractivity contribution in [2.75, 3.05) is 13.1 Å². The fourth-order valence-corrected chi connectivity index (χ4v) is 3.85. The highest BCUT2D eigenvalue weighted by molar-refractivity contribution is 8.00. The van der Waals surface area contributed by atoms with Gasteiger partial charge < -0.3 is 9.88 Å². The Morgan fingerprint density at radius 2 is 2.19 bits per heavy atom. The molecular weight excluding hydrogens is 350 g/mol. The van der Waals surface area contributed by atoms with Gasteiger partial charge in [0.15, 0.2) is 11.0 Å². The average Bonchev–Trinajstić information content (AvgIpc) is 3.21. The summed E-state index contributed by atoms with van der Waals surface area (Å²) < 4.78 is 2.05. The molecule has 138 valence electrons. The van der Waals surface area contributed by atoms with E-state index in [4.69, 9.17) is 0 Å². The Kier molecular flexibility index (Phi) is 5.61. The number of carbonyl (C=O) groups excluding carboxylic acids is 2. The summed E-state index contributed by atoms with van der Waals surface area (Å²) in [6.45, 7) is 7.63. The average molecular weight is 373 g/mol. The third kappa shape index (κ3) is 3.75. The molecule has 0 aliphatic carbocycles. The van der Waals surface area contributed by atoms with E-state index in [0.717, 1.165) is 29.9 Å². The van der Waals surface area contributed by atoms with Gasteiger partial charge in [0.2, 0.25) is 5.91 Å². The van der Waals surface area contributed by atoms with Crippen molar-refractivity contribution in [3.8, 4) is 11.4 Å². The lowest BCUT2D eigenvalue weighted by Gasteiger charge is -2.17. The zero-order valence-electron chi connectivity index (χ0n) is 15.2. The van der Waals surface area contributed by atoms with E-state index in [1.165, 1.54) is 16.7 Å². The molecule has 2 heterocycles. The Morgan fingerprint density at radius 3 is 2.85 bits per heavy atom.